The van der Waals surface area contributed by atoms with Crippen molar-refractivity contribution in [2.75, 3.05) is 4.90 Å². The smallest absolute Gasteiger partial charge is 0.296 e. The Labute approximate surface area is 142 Å². The van der Waals surface area contributed by atoms with Crippen LogP contribution in [0.3, 0.4) is 0 Å². The summed E-state index contributed by atoms with van der Waals surface area (Å²) >= 11 is 1.72. The van der Waals surface area contributed by atoms with E-state index in [1.807, 2.05) is 36.4 Å². The Balaban J connectivity index is 1.72. The van der Waals surface area contributed by atoms with Gasteiger partial charge in [0.1, 0.15) is 6.26 Å². The van der Waals surface area contributed by atoms with Crippen LogP contribution >= 0.6 is 11.8 Å². The molecule has 7 heteroatoms. The summed E-state index contributed by atoms with van der Waals surface area (Å²) in [6.07, 6.45) is 1.23. The van der Waals surface area contributed by atoms with Crippen molar-refractivity contribution in [3.05, 3.63) is 66.4 Å². The molecule has 3 aromatic rings. The van der Waals surface area contributed by atoms with Crippen molar-refractivity contribution < 1.29 is 14.4 Å². The van der Waals surface area contributed by atoms with Crippen LogP contribution in [0.5, 0.6) is 0 Å². The molecular weight excluding hydrogens is 326 g/mol. The number of hydrogen-bond donors (Lipinski definition) is 2. The number of benzene rings is 2. The molecule has 1 amide bonds. The van der Waals surface area contributed by atoms with Crippen molar-refractivity contribution in [1.29, 1.82) is 0 Å². The predicted molar refractivity (Wildman–Crippen MR) is 88.6 cm³/mol. The second-order valence-corrected chi connectivity index (χ2v) is 6.27. The van der Waals surface area contributed by atoms with E-state index < -0.39 is 5.91 Å². The molecule has 24 heavy (non-hydrogen) atoms. The van der Waals surface area contributed by atoms with E-state index in [2.05, 4.69) is 22.0 Å². The zero-order chi connectivity index (χ0) is 16.5. The lowest BCUT2D eigenvalue weighted by atomic mass is 10.2. The first-order valence-electron chi connectivity index (χ1n) is 7.28. The van der Waals surface area contributed by atoms with Crippen LogP contribution < -0.4 is 10.4 Å². The van der Waals surface area contributed by atoms with Gasteiger partial charge in [-0.1, -0.05) is 36.0 Å². The Morgan fingerprint density at radius 1 is 1.12 bits per heavy atom. The first kappa shape index (κ1) is 14.8. The molecule has 0 saturated heterocycles. The number of nitrogens with one attached hydrogen (secondary N) is 1. The SMILES string of the molecule is O=C(NO)c1coc(CN2c3ccccc3Sc3ccccc32)n1. The van der Waals surface area contributed by atoms with E-state index in [4.69, 9.17) is 9.62 Å². The van der Waals surface area contributed by atoms with E-state index in [0.29, 0.717) is 12.4 Å². The van der Waals surface area contributed by atoms with Crippen LogP contribution in [0.15, 0.2) is 69.0 Å². The Morgan fingerprint density at radius 3 is 2.38 bits per heavy atom. The number of oxazole rings is 1. The number of hydrogen-bond acceptors (Lipinski definition) is 6. The topological polar surface area (TPSA) is 78.6 Å². The van der Waals surface area contributed by atoms with Gasteiger partial charge in [-0.25, -0.2) is 10.5 Å². The molecule has 0 spiro atoms. The molecule has 0 aliphatic carbocycles. The summed E-state index contributed by atoms with van der Waals surface area (Å²) < 4.78 is 5.39. The number of fused-ring (bicyclic) bond motifs is 2. The molecule has 1 aliphatic rings. The zero-order valence-corrected chi connectivity index (χ0v) is 13.3. The maximum Gasteiger partial charge on any atom is 0.296 e. The second kappa shape index (κ2) is 6.03. The molecule has 1 aromatic heterocycles. The van der Waals surface area contributed by atoms with Gasteiger partial charge in [0, 0.05) is 9.79 Å². The van der Waals surface area contributed by atoms with Crippen LogP contribution in [0.25, 0.3) is 0 Å². The molecule has 0 fully saturated rings. The summed E-state index contributed by atoms with van der Waals surface area (Å²) in [5, 5.41) is 8.68. The Kier molecular flexibility index (Phi) is 3.72. The van der Waals surface area contributed by atoms with E-state index in [9.17, 15) is 4.79 Å². The predicted octanol–water partition coefficient (Wildman–Crippen LogP) is 3.60. The second-order valence-electron chi connectivity index (χ2n) is 5.19. The lowest BCUT2D eigenvalue weighted by Crippen LogP contribution is -2.21. The summed E-state index contributed by atoms with van der Waals surface area (Å²) in [7, 11) is 0. The third-order valence-electron chi connectivity index (χ3n) is 3.71. The van der Waals surface area contributed by atoms with Crippen molar-refractivity contribution in [3.63, 3.8) is 0 Å². The minimum Gasteiger partial charge on any atom is -0.446 e. The van der Waals surface area contributed by atoms with Crippen LogP contribution in [0.1, 0.15) is 16.4 Å². The van der Waals surface area contributed by atoms with E-state index in [1.54, 1.807) is 17.2 Å². The van der Waals surface area contributed by atoms with Gasteiger partial charge in [0.25, 0.3) is 5.91 Å². The molecule has 6 nitrogen and oxygen atoms in total. The van der Waals surface area contributed by atoms with Gasteiger partial charge in [-0.15, -0.1) is 0 Å². The molecule has 1 aliphatic heterocycles. The molecule has 0 bridgehead atoms. The van der Waals surface area contributed by atoms with Crippen LogP contribution in [0, 0.1) is 0 Å². The highest BCUT2D eigenvalue weighted by Crippen LogP contribution is 2.48. The van der Waals surface area contributed by atoms with Gasteiger partial charge in [-0.3, -0.25) is 10.0 Å². The van der Waals surface area contributed by atoms with Crippen molar-refractivity contribution in [3.8, 4) is 0 Å². The maximum atomic E-state index is 11.4. The summed E-state index contributed by atoms with van der Waals surface area (Å²) in [6, 6.07) is 16.2. The molecule has 120 valence electrons. The molecule has 2 heterocycles. The third kappa shape index (κ3) is 2.53. The molecule has 0 radical (unpaired) electrons. The number of amides is 1. The number of nitrogens with zero attached hydrogens (tertiary/aromatic N) is 2. The number of carbonyl (C=O) groups excluding carboxylic acids is 1. The van der Waals surface area contributed by atoms with Gasteiger partial charge in [0.2, 0.25) is 5.89 Å². The van der Waals surface area contributed by atoms with Crippen LogP contribution in [0.4, 0.5) is 11.4 Å². The quantitative estimate of drug-likeness (QED) is 0.561. The molecule has 2 N–H and O–H groups in total. The number of para-hydroxylation sites is 2. The van der Waals surface area contributed by atoms with Crippen molar-refractivity contribution in [1.82, 2.24) is 10.5 Å². The average molecular weight is 339 g/mol. The molecular formula is C17H13N3O3S. The molecule has 4 rings (SSSR count). The normalized spacial score (nSPS) is 12.5. The standard InChI is InChI=1S/C17H13N3O3S/c21-17(19-22)11-10-23-16(18-11)9-20-12-5-1-3-7-14(12)24-15-8-4-2-6-13(15)20/h1-8,10,22H,9H2,(H,19,21). The van der Waals surface area contributed by atoms with Crippen LogP contribution in [-0.2, 0) is 6.54 Å². The van der Waals surface area contributed by atoms with E-state index in [1.165, 1.54) is 6.26 Å². The van der Waals surface area contributed by atoms with Gasteiger partial charge < -0.3 is 9.32 Å². The first-order chi connectivity index (χ1) is 11.8. The Bertz CT molecular complexity index is 864. The summed E-state index contributed by atoms with van der Waals surface area (Å²) in [5.41, 5.74) is 3.72. The largest absolute Gasteiger partial charge is 0.446 e. The molecule has 2 aromatic carbocycles. The van der Waals surface area contributed by atoms with Crippen LogP contribution in [-0.4, -0.2) is 16.1 Å². The summed E-state index contributed by atoms with van der Waals surface area (Å²) in [6.45, 7) is 0.382. The summed E-state index contributed by atoms with van der Waals surface area (Å²) in [5.74, 6) is -0.301. The van der Waals surface area contributed by atoms with E-state index in [0.717, 1.165) is 21.2 Å². The monoisotopic (exact) mass is 339 g/mol. The van der Waals surface area contributed by atoms with Crippen molar-refractivity contribution in [2.24, 2.45) is 0 Å². The van der Waals surface area contributed by atoms with Crippen molar-refractivity contribution >= 4 is 29.0 Å². The number of anilines is 2. The molecule has 0 unspecified atom stereocenters. The fraction of sp³-hybridized carbons (Fsp3) is 0.0588. The highest BCUT2D eigenvalue weighted by atomic mass is 32.2. The fourth-order valence-electron chi connectivity index (χ4n) is 2.63. The van der Waals surface area contributed by atoms with E-state index >= 15 is 0 Å². The van der Waals surface area contributed by atoms with Gasteiger partial charge in [0.05, 0.1) is 17.9 Å². The van der Waals surface area contributed by atoms with Crippen molar-refractivity contribution in [2.45, 2.75) is 16.3 Å². The maximum absolute atomic E-state index is 11.4. The minimum atomic E-state index is -0.694. The first-order valence-corrected chi connectivity index (χ1v) is 8.10. The van der Waals surface area contributed by atoms with Crippen LogP contribution in [0.2, 0.25) is 0 Å². The Morgan fingerprint density at radius 2 is 1.75 bits per heavy atom. The molecule has 0 atom stereocenters. The number of carbonyl (C=O) groups is 1. The third-order valence-corrected chi connectivity index (χ3v) is 4.84. The zero-order valence-electron chi connectivity index (χ0n) is 12.5. The van der Waals surface area contributed by atoms with Gasteiger partial charge in [0.15, 0.2) is 5.69 Å². The molecule has 0 saturated carbocycles. The highest BCUT2D eigenvalue weighted by Gasteiger charge is 2.24. The fourth-order valence-corrected chi connectivity index (χ4v) is 3.73. The minimum absolute atomic E-state index is 0.0421. The summed E-state index contributed by atoms with van der Waals surface area (Å²) in [4.78, 5) is 20.0. The average Bonchev–Trinajstić information content (AvgIpc) is 3.09. The lowest BCUT2D eigenvalue weighted by Gasteiger charge is -2.31. The number of aromatic nitrogens is 1. The van der Waals surface area contributed by atoms with E-state index in [-0.39, 0.29) is 5.69 Å². The Hall–Kier alpha value is -2.77. The lowest BCUT2D eigenvalue weighted by molar-refractivity contribution is 0.0700. The van der Waals surface area contributed by atoms with Gasteiger partial charge in [-0.05, 0) is 24.3 Å². The number of rotatable bonds is 3. The van der Waals surface area contributed by atoms with Gasteiger partial charge >= 0.3 is 0 Å². The van der Waals surface area contributed by atoms with Gasteiger partial charge in [-0.2, -0.15) is 0 Å². The number of hydroxylamine groups is 1. The highest BCUT2D eigenvalue weighted by molar-refractivity contribution is 7.99.